The number of nitrogens with one attached hydrogen (secondary N) is 1. The number of methoxy groups -OCH3 is 1. The van der Waals surface area contributed by atoms with Gasteiger partial charge in [0.25, 0.3) is 0 Å². The zero-order valence-electron chi connectivity index (χ0n) is 27.2. The molecule has 2 N–H and O–H groups in total. The number of anilines is 1. The van der Waals surface area contributed by atoms with Gasteiger partial charge in [-0.15, -0.1) is 6.42 Å². The summed E-state index contributed by atoms with van der Waals surface area (Å²) >= 11 is 0. The Bertz CT molecular complexity index is 2050. The highest BCUT2D eigenvalue weighted by atomic mass is 19.1. The van der Waals surface area contributed by atoms with Crippen LogP contribution in [-0.4, -0.2) is 82.0 Å². The van der Waals surface area contributed by atoms with Crippen molar-refractivity contribution in [2.75, 3.05) is 44.8 Å². The van der Waals surface area contributed by atoms with E-state index in [1.165, 1.54) is 36.9 Å². The number of pyridine rings is 1. The average molecular weight is 653 g/mol. The van der Waals surface area contributed by atoms with Crippen molar-refractivity contribution >= 4 is 27.5 Å². The Kier molecular flexibility index (Phi) is 7.23. The fraction of sp³-hybridized carbons (Fsp3) is 0.432. The second-order valence-corrected chi connectivity index (χ2v) is 13.9. The third kappa shape index (κ3) is 4.76. The molecular weight excluding hydrogens is 614 g/mol. The Balaban J connectivity index is 1.33. The van der Waals surface area contributed by atoms with Gasteiger partial charge in [0.2, 0.25) is 5.88 Å². The van der Waals surface area contributed by atoms with Crippen molar-refractivity contribution in [3.05, 3.63) is 53.6 Å². The van der Waals surface area contributed by atoms with E-state index < -0.39 is 11.6 Å². The van der Waals surface area contributed by atoms with Crippen molar-refractivity contribution in [1.82, 2.24) is 25.2 Å². The number of ether oxygens (including phenoxy) is 2. The quantitative estimate of drug-likeness (QED) is 0.192. The van der Waals surface area contributed by atoms with Gasteiger partial charge in [0.05, 0.1) is 18.2 Å². The molecule has 0 saturated carbocycles. The van der Waals surface area contributed by atoms with Crippen LogP contribution < -0.4 is 19.7 Å². The van der Waals surface area contributed by atoms with E-state index in [9.17, 15) is 9.50 Å². The molecule has 4 aliphatic rings. The number of piperazine rings is 1. The first-order chi connectivity index (χ1) is 23.2. The summed E-state index contributed by atoms with van der Waals surface area (Å²) in [5, 5.41) is 15.5. The molecule has 4 saturated heterocycles. The number of phenols is 1. The van der Waals surface area contributed by atoms with Gasteiger partial charge in [-0.05, 0) is 68.7 Å². The molecule has 11 heteroatoms. The molecule has 4 aliphatic heterocycles. The van der Waals surface area contributed by atoms with Crippen molar-refractivity contribution in [2.45, 2.75) is 62.6 Å². The molecule has 8 rings (SSSR count). The van der Waals surface area contributed by atoms with Crippen LogP contribution in [0.2, 0.25) is 0 Å². The average Bonchev–Trinajstić information content (AvgIpc) is 3.72. The molecule has 4 fully saturated rings. The second kappa shape index (κ2) is 11.3. The number of hydrogen-bond acceptors (Lipinski definition) is 9. The van der Waals surface area contributed by atoms with Crippen LogP contribution >= 0.6 is 0 Å². The summed E-state index contributed by atoms with van der Waals surface area (Å²) in [5.41, 5.74) is 0.724. The fourth-order valence-electron chi connectivity index (χ4n) is 8.66. The number of terminal acetylenes is 1. The van der Waals surface area contributed by atoms with E-state index in [1.807, 2.05) is 0 Å². The minimum Gasteiger partial charge on any atom is -0.508 e. The molecule has 3 atom stereocenters. The van der Waals surface area contributed by atoms with Crippen LogP contribution in [0, 0.1) is 24.0 Å². The lowest BCUT2D eigenvalue weighted by atomic mass is 9.93. The Morgan fingerprint density at radius 1 is 1.19 bits per heavy atom. The normalized spacial score (nSPS) is 25.2. The van der Waals surface area contributed by atoms with Gasteiger partial charge < -0.3 is 24.8 Å². The van der Waals surface area contributed by atoms with Gasteiger partial charge in [0, 0.05) is 42.2 Å². The zero-order chi connectivity index (χ0) is 33.4. The van der Waals surface area contributed by atoms with Crippen molar-refractivity contribution in [2.24, 2.45) is 0 Å². The number of phenolic OH excluding ortho intramolecular Hbond substituents is 1. The number of aromatic nitrogens is 3. The number of benzene rings is 2. The molecule has 4 aromatic rings. The van der Waals surface area contributed by atoms with E-state index in [0.717, 1.165) is 51.6 Å². The minimum atomic E-state index is -0.781. The molecule has 9 nitrogen and oxygen atoms in total. The Morgan fingerprint density at radius 3 is 2.83 bits per heavy atom. The number of hydrogen-bond donors (Lipinski definition) is 2. The highest BCUT2D eigenvalue weighted by Crippen LogP contribution is 2.45. The maximum Gasteiger partial charge on any atom is 0.319 e. The van der Waals surface area contributed by atoms with E-state index >= 15 is 4.39 Å². The van der Waals surface area contributed by atoms with Crippen LogP contribution in [-0.2, 0) is 0 Å². The summed E-state index contributed by atoms with van der Waals surface area (Å²) in [7, 11) is 1.46. The SMILES string of the molecule is C#Cc1c(F)ccc2cc(O)cc(-c3nc(OC)c4c(N5CC6CCC(CC)(C5)N6)nc(OC[C@@]56CCCN5CC(=C)C6)nc4c3F)c12. The number of aromatic hydroxyl groups is 1. The lowest BCUT2D eigenvalue weighted by Crippen LogP contribution is -2.59. The lowest BCUT2D eigenvalue weighted by Gasteiger charge is -2.42. The lowest BCUT2D eigenvalue weighted by molar-refractivity contribution is 0.108. The van der Waals surface area contributed by atoms with Crippen LogP contribution in [0.5, 0.6) is 17.6 Å². The van der Waals surface area contributed by atoms with Crippen LogP contribution in [0.3, 0.4) is 0 Å². The largest absolute Gasteiger partial charge is 0.508 e. The Labute approximate surface area is 278 Å². The molecular formula is C37H38F2N6O3. The van der Waals surface area contributed by atoms with E-state index in [4.69, 9.17) is 20.9 Å². The van der Waals surface area contributed by atoms with Crippen molar-refractivity contribution in [3.8, 4) is 41.2 Å². The van der Waals surface area contributed by atoms with Crippen molar-refractivity contribution in [3.63, 3.8) is 0 Å². The molecule has 0 amide bonds. The number of nitrogens with zero attached hydrogens (tertiary/aromatic N) is 5. The summed E-state index contributed by atoms with van der Waals surface area (Å²) in [4.78, 5) is 18.9. The second-order valence-electron chi connectivity index (χ2n) is 13.9. The monoisotopic (exact) mass is 652 g/mol. The third-order valence-corrected chi connectivity index (χ3v) is 11.0. The van der Waals surface area contributed by atoms with Crippen molar-refractivity contribution in [1.29, 1.82) is 0 Å². The van der Waals surface area contributed by atoms with E-state index in [0.29, 0.717) is 36.3 Å². The maximum atomic E-state index is 17.2. The summed E-state index contributed by atoms with van der Waals surface area (Å²) in [6, 6.07) is 5.81. The van der Waals surface area contributed by atoms with Gasteiger partial charge >= 0.3 is 6.01 Å². The summed E-state index contributed by atoms with van der Waals surface area (Å²) in [6.07, 6.45) is 11.6. The topological polar surface area (TPSA) is 95.9 Å². The van der Waals surface area contributed by atoms with Crippen LogP contribution in [0.25, 0.3) is 32.9 Å². The first-order valence-electron chi connectivity index (χ1n) is 16.6. The summed E-state index contributed by atoms with van der Waals surface area (Å²) < 4.78 is 44.4. The zero-order valence-corrected chi connectivity index (χ0v) is 27.2. The third-order valence-electron chi connectivity index (χ3n) is 11.0. The smallest absolute Gasteiger partial charge is 0.319 e. The van der Waals surface area contributed by atoms with Crippen LogP contribution in [0.4, 0.5) is 14.6 Å². The molecule has 2 aromatic carbocycles. The van der Waals surface area contributed by atoms with Gasteiger partial charge in [-0.1, -0.05) is 31.1 Å². The summed E-state index contributed by atoms with van der Waals surface area (Å²) in [6.45, 7) is 9.91. The Hall–Kier alpha value is -4.53. The minimum absolute atomic E-state index is 0.0416. The Morgan fingerprint density at radius 2 is 2.04 bits per heavy atom. The van der Waals surface area contributed by atoms with E-state index in [1.54, 1.807) is 0 Å². The number of rotatable bonds is 7. The molecule has 48 heavy (non-hydrogen) atoms. The predicted molar refractivity (Wildman–Crippen MR) is 181 cm³/mol. The standard InChI is InChI=1S/C37H38F2N6O3/c1-5-25-27(38)9-8-22-14-24(46)15-26(28(22)25)31-30(39)32-29(34(40-31)47-4)33(44-18-23-10-12-36(6-2,19-44)43-23)42-35(41-32)48-20-37-11-7-13-45(37)17-21(3)16-37/h1,8-9,14-15,23,43,46H,3,6-7,10-13,16-20H2,2,4H3/t23?,36?,37-/m0/s1. The molecule has 2 aromatic heterocycles. The van der Waals surface area contributed by atoms with Crippen LogP contribution in [0.1, 0.15) is 51.0 Å². The van der Waals surface area contributed by atoms with Gasteiger partial charge in [-0.25, -0.2) is 13.8 Å². The predicted octanol–water partition coefficient (Wildman–Crippen LogP) is 5.71. The molecule has 0 radical (unpaired) electrons. The highest BCUT2D eigenvalue weighted by molar-refractivity contribution is 6.04. The van der Waals surface area contributed by atoms with Gasteiger partial charge in [-0.3, -0.25) is 4.90 Å². The van der Waals surface area contributed by atoms with E-state index in [2.05, 4.69) is 44.5 Å². The molecule has 248 valence electrons. The number of halogens is 2. The molecule has 2 unspecified atom stereocenters. The molecule has 6 heterocycles. The molecule has 0 spiro atoms. The van der Waals surface area contributed by atoms with Crippen LogP contribution in [0.15, 0.2) is 36.4 Å². The first-order valence-corrected chi connectivity index (χ1v) is 16.6. The van der Waals surface area contributed by atoms with E-state index in [-0.39, 0.29) is 62.5 Å². The van der Waals surface area contributed by atoms with Crippen molar-refractivity contribution < 1.29 is 23.4 Å². The molecule has 0 aliphatic carbocycles. The van der Waals surface area contributed by atoms with Gasteiger partial charge in [0.1, 0.15) is 40.6 Å². The highest BCUT2D eigenvalue weighted by Gasteiger charge is 2.47. The van der Waals surface area contributed by atoms with Gasteiger partial charge in [-0.2, -0.15) is 9.97 Å². The van der Waals surface area contributed by atoms with Gasteiger partial charge in [0.15, 0.2) is 5.82 Å². The number of fused-ring (bicyclic) bond motifs is 5. The fourth-order valence-corrected chi connectivity index (χ4v) is 8.66. The first kappa shape index (κ1) is 30.8. The summed E-state index contributed by atoms with van der Waals surface area (Å²) in [5.74, 6) is 1.41. The maximum absolute atomic E-state index is 17.2. The molecule has 2 bridgehead atoms.